The summed E-state index contributed by atoms with van der Waals surface area (Å²) in [5.41, 5.74) is 8.54. The van der Waals surface area contributed by atoms with Gasteiger partial charge >= 0.3 is 0 Å². The lowest BCUT2D eigenvalue weighted by Crippen LogP contribution is -2.51. The highest BCUT2D eigenvalue weighted by molar-refractivity contribution is 7.90. The second-order valence-corrected chi connectivity index (χ2v) is 23.1. The number of halogens is 2. The van der Waals surface area contributed by atoms with E-state index < -0.39 is 50.7 Å². The number of rotatable bonds is 28. The number of nitrogens with one attached hydrogen (secondary N) is 5. The first-order valence-corrected chi connectivity index (χ1v) is 30.1. The van der Waals surface area contributed by atoms with Crippen LogP contribution in [0, 0.1) is 27.7 Å². The molecular weight excluding hydrogens is 1170 g/mol. The third kappa shape index (κ3) is 14.4. The number of imide groups is 1. The fraction of sp³-hybridized carbons (Fsp3) is 0.344. The summed E-state index contributed by atoms with van der Waals surface area (Å²) in [6.07, 6.45) is 4.69. The van der Waals surface area contributed by atoms with Crippen molar-refractivity contribution in [2.75, 3.05) is 64.7 Å². The van der Waals surface area contributed by atoms with Gasteiger partial charge in [-0.15, -0.1) is 0 Å². The number of piperidine rings is 1. The monoisotopic (exact) mass is 1230 g/mol. The number of pyridine rings is 1. The number of carbonyl (C=O) groups is 6. The van der Waals surface area contributed by atoms with Gasteiger partial charge in [0.15, 0.2) is 5.76 Å². The van der Waals surface area contributed by atoms with Crippen LogP contribution in [-0.4, -0.2) is 129 Å². The molecule has 1 saturated heterocycles. The molecule has 2 aliphatic heterocycles. The largest absolute Gasteiger partial charge is 0.494 e. The van der Waals surface area contributed by atoms with Gasteiger partial charge in [0.1, 0.15) is 18.3 Å². The van der Waals surface area contributed by atoms with Crippen molar-refractivity contribution in [1.29, 1.82) is 0 Å². The number of amides is 6. The lowest BCUT2D eigenvalue weighted by molar-refractivity contribution is -0.125. The number of anilines is 1. The van der Waals surface area contributed by atoms with Crippen LogP contribution in [-0.2, 0) is 58.1 Å². The Hall–Kier alpha value is -8.19. The quantitative estimate of drug-likeness (QED) is 0.0237. The van der Waals surface area contributed by atoms with Gasteiger partial charge in [-0.25, -0.2) is 4.72 Å². The summed E-state index contributed by atoms with van der Waals surface area (Å²) in [4.78, 5) is 84.7. The van der Waals surface area contributed by atoms with Crippen LogP contribution in [0.3, 0.4) is 0 Å². The maximum atomic E-state index is 14.4. The Bertz CT molecular complexity index is 3750. The van der Waals surface area contributed by atoms with E-state index in [1.807, 2.05) is 32.9 Å². The van der Waals surface area contributed by atoms with E-state index in [0.29, 0.717) is 118 Å². The zero-order valence-electron chi connectivity index (χ0n) is 47.9. The number of sulfonamides is 1. The first kappa shape index (κ1) is 62.3. The standard InChI is InChI=1S/C61H65Cl2N9O13S/c1-35-30-41(31-36(2)56(35)63)84-23-7-9-42-43-12-13-47(62)54(45(43)32-46(42)57(74)70-86(79,80)52-16-15-50(85-52)59(76)67-33-40-17-19-64-20-18-40)53-38(4)69-71(39(53)5)34-51(73)66-22-25-82-27-29-83-28-26-81-24-21-65-48-10-6-8-44-55(48)61(78)72(60(44)77)49-14-11-37(3)68-58(49)75/h6,8,10,12-13,15-20,30-31,49,65H,3,7,9,11,14,21-29,32-34H2,1-2,4-5H3,(H,66,73)(H,67,76)(H,68,75)(H,70,74). The van der Waals surface area contributed by atoms with Crippen LogP contribution in [0.25, 0.3) is 16.7 Å². The number of allylic oxidation sites excluding steroid dienone is 2. The van der Waals surface area contributed by atoms with Gasteiger partial charge in [-0.2, -0.15) is 13.5 Å². The minimum atomic E-state index is -4.63. The molecule has 5 N–H and O–H groups in total. The first-order valence-electron chi connectivity index (χ1n) is 27.9. The van der Waals surface area contributed by atoms with E-state index in [1.54, 1.807) is 66.5 Å². The third-order valence-corrected chi connectivity index (χ3v) is 16.8. The summed E-state index contributed by atoms with van der Waals surface area (Å²) in [5, 5.41) is 16.4. The molecule has 3 aromatic heterocycles. The summed E-state index contributed by atoms with van der Waals surface area (Å²) in [5.74, 6) is -2.96. The molecular formula is C61H65Cl2N9O13S. The van der Waals surface area contributed by atoms with Crippen molar-refractivity contribution >= 4 is 79.9 Å². The molecule has 22 nitrogen and oxygen atoms in total. The Kier molecular flexibility index (Phi) is 20.2. The Morgan fingerprint density at radius 3 is 2.23 bits per heavy atom. The highest BCUT2D eigenvalue weighted by Crippen LogP contribution is 2.46. The summed E-state index contributed by atoms with van der Waals surface area (Å²) in [6.45, 7) is 13.7. The molecule has 9 rings (SSSR count). The van der Waals surface area contributed by atoms with Gasteiger partial charge in [0.2, 0.25) is 16.9 Å². The number of benzene rings is 3. The van der Waals surface area contributed by atoms with Gasteiger partial charge in [0.05, 0.1) is 63.1 Å². The fourth-order valence-corrected chi connectivity index (χ4v) is 11.8. The van der Waals surface area contributed by atoms with E-state index in [4.69, 9.17) is 51.7 Å². The number of aromatic nitrogens is 3. The van der Waals surface area contributed by atoms with Gasteiger partial charge in [-0.3, -0.25) is 43.3 Å². The Labute approximate surface area is 507 Å². The van der Waals surface area contributed by atoms with E-state index in [9.17, 15) is 37.2 Å². The molecule has 3 aliphatic rings. The molecule has 6 amide bonds. The predicted octanol–water partition coefficient (Wildman–Crippen LogP) is 7.35. The molecule has 0 radical (unpaired) electrons. The second-order valence-electron chi connectivity index (χ2n) is 20.7. The molecule has 1 fully saturated rings. The zero-order chi connectivity index (χ0) is 61.2. The number of nitrogens with zero attached hydrogens (tertiary/aromatic N) is 4. The fourth-order valence-electron chi connectivity index (χ4n) is 10.5. The van der Waals surface area contributed by atoms with Crippen LogP contribution in [0.5, 0.6) is 5.75 Å². The third-order valence-electron chi connectivity index (χ3n) is 14.7. The average molecular weight is 1240 g/mol. The summed E-state index contributed by atoms with van der Waals surface area (Å²) < 4.78 is 59.9. The lowest BCUT2D eigenvalue weighted by atomic mass is 9.93. The SMILES string of the molecule is C=C1CCC(N2C(=O)c3cccc(NCCOCCOCCOCCNC(=O)Cn4nc(C)c(-c5c(Cl)ccc6c5CC(C(=O)NS(=O)(=O)c5ccc(C(=O)NCc7ccncc7)o5)=C6CCCOc5cc(C)c(Cl)c(C)c5)c4C)c3C2=O)C(=O)N1. The number of carbonyl (C=O) groups excluding carboxylic acids is 6. The minimum absolute atomic E-state index is 0.00398. The van der Waals surface area contributed by atoms with Crippen molar-refractivity contribution < 1.29 is 60.5 Å². The van der Waals surface area contributed by atoms with Gasteiger partial charge in [-0.05, 0) is 141 Å². The van der Waals surface area contributed by atoms with Crippen LogP contribution < -0.4 is 30.7 Å². The summed E-state index contributed by atoms with van der Waals surface area (Å²) >= 11 is 13.4. The number of aryl methyl sites for hydroxylation is 3. The number of furan rings is 1. The van der Waals surface area contributed by atoms with Crippen LogP contribution in [0.1, 0.15) is 96.2 Å². The minimum Gasteiger partial charge on any atom is -0.494 e. The molecule has 86 heavy (non-hydrogen) atoms. The smallest absolute Gasteiger partial charge is 0.297 e. The Balaban J connectivity index is 0.750. The Morgan fingerprint density at radius 2 is 1.51 bits per heavy atom. The van der Waals surface area contributed by atoms with E-state index in [2.05, 4.69) is 37.6 Å². The lowest BCUT2D eigenvalue weighted by Gasteiger charge is -2.29. The van der Waals surface area contributed by atoms with Crippen LogP contribution >= 0.6 is 23.2 Å². The molecule has 0 spiro atoms. The summed E-state index contributed by atoms with van der Waals surface area (Å²) in [7, 11) is -4.63. The zero-order valence-corrected chi connectivity index (χ0v) is 50.2. The van der Waals surface area contributed by atoms with Crippen molar-refractivity contribution in [3.63, 3.8) is 0 Å². The van der Waals surface area contributed by atoms with E-state index in [0.717, 1.165) is 27.7 Å². The molecule has 452 valence electrons. The molecule has 0 saturated carbocycles. The predicted molar refractivity (Wildman–Crippen MR) is 319 cm³/mol. The van der Waals surface area contributed by atoms with E-state index in [-0.39, 0.29) is 80.9 Å². The van der Waals surface area contributed by atoms with Crippen molar-refractivity contribution in [1.82, 2.24) is 40.3 Å². The molecule has 1 aliphatic carbocycles. The molecule has 0 bridgehead atoms. The van der Waals surface area contributed by atoms with Crippen molar-refractivity contribution in [3.05, 3.63) is 163 Å². The number of hydrogen-bond donors (Lipinski definition) is 5. The van der Waals surface area contributed by atoms with Crippen molar-refractivity contribution in [3.8, 4) is 16.9 Å². The molecule has 3 aromatic carbocycles. The molecule has 1 atom stereocenters. The molecule has 1 unspecified atom stereocenters. The second kappa shape index (κ2) is 27.9. The van der Waals surface area contributed by atoms with Crippen LogP contribution in [0.2, 0.25) is 10.0 Å². The first-order chi connectivity index (χ1) is 41.3. The molecule has 5 heterocycles. The maximum Gasteiger partial charge on any atom is 0.297 e. The molecule has 6 aromatic rings. The normalized spacial score (nSPS) is 14.8. The molecule has 25 heteroatoms. The average Bonchev–Trinajstić information content (AvgIpc) is 1.72. The van der Waals surface area contributed by atoms with Gasteiger partial charge in [0.25, 0.3) is 33.7 Å². The van der Waals surface area contributed by atoms with Gasteiger partial charge in [-0.1, -0.05) is 41.9 Å². The highest BCUT2D eigenvalue weighted by Gasteiger charge is 2.45. The topological polar surface area (TPSA) is 281 Å². The number of ether oxygens (including phenoxy) is 4. The van der Waals surface area contributed by atoms with Crippen LogP contribution in [0.4, 0.5) is 5.69 Å². The Morgan fingerprint density at radius 1 is 0.802 bits per heavy atom. The summed E-state index contributed by atoms with van der Waals surface area (Å²) in [6, 6.07) is 17.0. The van der Waals surface area contributed by atoms with E-state index >= 15 is 0 Å². The number of hydrogen-bond acceptors (Lipinski definition) is 16. The maximum absolute atomic E-state index is 14.4. The van der Waals surface area contributed by atoms with E-state index in [1.165, 1.54) is 6.07 Å². The van der Waals surface area contributed by atoms with Crippen LogP contribution in [0.15, 0.2) is 106 Å². The van der Waals surface area contributed by atoms with Gasteiger partial charge < -0.3 is 44.6 Å². The van der Waals surface area contributed by atoms with Crippen molar-refractivity contribution in [2.24, 2.45) is 0 Å². The van der Waals surface area contributed by atoms with Gasteiger partial charge in [0, 0.05) is 82.3 Å². The number of fused-ring (bicyclic) bond motifs is 2. The highest BCUT2D eigenvalue weighted by atomic mass is 35.5. The van der Waals surface area contributed by atoms with Crippen molar-refractivity contribution in [2.45, 2.75) is 84.0 Å².